The Labute approximate surface area is 219 Å². The van der Waals surface area contributed by atoms with Crippen molar-refractivity contribution in [2.24, 2.45) is 11.3 Å². The molecule has 0 spiro atoms. The number of fused-ring (bicyclic) bond motifs is 1. The van der Waals surface area contributed by atoms with E-state index in [1.165, 1.54) is 11.3 Å². The third kappa shape index (κ3) is 6.18. The third-order valence-electron chi connectivity index (χ3n) is 6.26. The van der Waals surface area contributed by atoms with Crippen molar-refractivity contribution >= 4 is 57.0 Å². The van der Waals surface area contributed by atoms with Gasteiger partial charge in [-0.05, 0) is 66.5 Å². The van der Waals surface area contributed by atoms with Crippen LogP contribution in [0.3, 0.4) is 0 Å². The van der Waals surface area contributed by atoms with E-state index in [9.17, 15) is 9.59 Å². The first-order chi connectivity index (χ1) is 16.6. The minimum atomic E-state index is -0.345. The Morgan fingerprint density at radius 2 is 1.86 bits per heavy atom. The number of carbonyl (C=O) groups excluding carboxylic acids is 2. The molecule has 1 heterocycles. The zero-order chi connectivity index (χ0) is 25.2. The zero-order valence-corrected chi connectivity index (χ0v) is 22.2. The summed E-state index contributed by atoms with van der Waals surface area (Å²) in [5.41, 5.74) is 2.21. The molecular weight excluding hydrogens is 503 g/mol. The van der Waals surface area contributed by atoms with Gasteiger partial charge in [0.15, 0.2) is 6.61 Å². The van der Waals surface area contributed by atoms with Gasteiger partial charge in [0.05, 0.1) is 16.3 Å². The Hall–Kier alpha value is -2.54. The smallest absolute Gasteiger partial charge is 0.262 e. The predicted molar refractivity (Wildman–Crippen MR) is 144 cm³/mol. The van der Waals surface area contributed by atoms with Gasteiger partial charge in [-0.25, -0.2) is 0 Å². The second-order valence-electron chi connectivity index (χ2n) is 9.74. The van der Waals surface area contributed by atoms with Gasteiger partial charge in [0, 0.05) is 9.90 Å². The first-order valence-corrected chi connectivity index (χ1v) is 13.1. The van der Waals surface area contributed by atoms with E-state index in [4.69, 9.17) is 27.9 Å². The van der Waals surface area contributed by atoms with Crippen molar-refractivity contribution in [1.82, 2.24) is 0 Å². The molecule has 2 aromatic carbocycles. The third-order valence-corrected chi connectivity index (χ3v) is 7.99. The van der Waals surface area contributed by atoms with Crippen LogP contribution >= 0.6 is 34.5 Å². The Morgan fingerprint density at radius 1 is 1.09 bits per heavy atom. The van der Waals surface area contributed by atoms with Gasteiger partial charge in [-0.15, -0.1) is 11.3 Å². The quantitative estimate of drug-likeness (QED) is 0.347. The van der Waals surface area contributed by atoms with Crippen LogP contribution in [0.1, 0.15) is 48.0 Å². The van der Waals surface area contributed by atoms with Gasteiger partial charge in [-0.3, -0.25) is 9.59 Å². The SMILES string of the molecule is CC(C)(C)C1CCc2c(sc(NC(=O)COc3cccc(Cl)c3)c2C(=O)Nc2ccccc2Cl)C1. The van der Waals surface area contributed by atoms with E-state index >= 15 is 0 Å². The molecule has 184 valence electrons. The number of rotatable bonds is 6. The summed E-state index contributed by atoms with van der Waals surface area (Å²) in [5, 5.41) is 7.36. The lowest BCUT2D eigenvalue weighted by Gasteiger charge is -2.33. The van der Waals surface area contributed by atoms with Crippen LogP contribution < -0.4 is 15.4 Å². The summed E-state index contributed by atoms with van der Waals surface area (Å²) in [6.45, 7) is 6.55. The van der Waals surface area contributed by atoms with Gasteiger partial charge in [-0.1, -0.05) is 62.2 Å². The normalized spacial score (nSPS) is 15.3. The van der Waals surface area contributed by atoms with Crippen molar-refractivity contribution < 1.29 is 14.3 Å². The van der Waals surface area contributed by atoms with E-state index in [1.807, 2.05) is 12.1 Å². The van der Waals surface area contributed by atoms with Crippen LogP contribution in [-0.2, 0) is 17.6 Å². The average Bonchev–Trinajstić information content (AvgIpc) is 3.15. The molecule has 1 aromatic heterocycles. The number of anilines is 2. The Morgan fingerprint density at radius 3 is 2.57 bits per heavy atom. The maximum absolute atomic E-state index is 13.4. The molecule has 0 bridgehead atoms. The van der Waals surface area contributed by atoms with Crippen LogP contribution in [0.4, 0.5) is 10.7 Å². The van der Waals surface area contributed by atoms with Gasteiger partial charge in [0.2, 0.25) is 0 Å². The largest absolute Gasteiger partial charge is 0.484 e. The zero-order valence-electron chi connectivity index (χ0n) is 19.9. The van der Waals surface area contributed by atoms with Crippen molar-refractivity contribution in [2.75, 3.05) is 17.2 Å². The van der Waals surface area contributed by atoms with E-state index < -0.39 is 0 Å². The van der Waals surface area contributed by atoms with Crippen molar-refractivity contribution in [3.63, 3.8) is 0 Å². The molecule has 1 unspecified atom stereocenters. The number of halogens is 2. The monoisotopic (exact) mass is 530 g/mol. The maximum Gasteiger partial charge on any atom is 0.262 e. The number of amides is 2. The number of thiophene rings is 1. The second kappa shape index (κ2) is 10.6. The summed E-state index contributed by atoms with van der Waals surface area (Å²) in [4.78, 5) is 27.4. The standard InChI is InChI=1S/C27H28Cl2N2O3S/c1-27(2,3)16-11-12-19-22(13-16)35-26(24(19)25(33)30-21-10-5-4-9-20(21)29)31-23(32)15-34-18-8-6-7-17(28)14-18/h4-10,14,16H,11-13,15H2,1-3H3,(H,30,33)(H,31,32). The van der Waals surface area contributed by atoms with E-state index in [1.54, 1.807) is 36.4 Å². The van der Waals surface area contributed by atoms with Gasteiger partial charge in [-0.2, -0.15) is 0 Å². The fourth-order valence-corrected chi connectivity index (χ4v) is 5.97. The molecule has 3 aromatic rings. The lowest BCUT2D eigenvalue weighted by Crippen LogP contribution is -2.27. The number of hydrogen-bond donors (Lipinski definition) is 2. The predicted octanol–water partition coefficient (Wildman–Crippen LogP) is 7.48. The number of ether oxygens (including phenoxy) is 1. The molecule has 2 N–H and O–H groups in total. The molecule has 0 radical (unpaired) electrons. The van der Waals surface area contributed by atoms with Crippen molar-refractivity contribution in [1.29, 1.82) is 0 Å². The summed E-state index contributed by atoms with van der Waals surface area (Å²) in [5.74, 6) is 0.379. The van der Waals surface area contributed by atoms with Crippen LogP contribution in [0, 0.1) is 11.3 Å². The highest BCUT2D eigenvalue weighted by molar-refractivity contribution is 7.17. The number of hydrogen-bond acceptors (Lipinski definition) is 4. The molecule has 1 aliphatic rings. The minimum Gasteiger partial charge on any atom is -0.484 e. The molecule has 5 nitrogen and oxygen atoms in total. The van der Waals surface area contributed by atoms with E-state index in [0.29, 0.717) is 38.0 Å². The molecule has 0 fully saturated rings. The molecule has 0 saturated carbocycles. The fourth-order valence-electron chi connectivity index (χ4n) is 4.27. The number of carbonyl (C=O) groups is 2. The molecule has 2 amide bonds. The molecule has 0 aliphatic heterocycles. The fraction of sp³-hybridized carbons (Fsp3) is 0.333. The highest BCUT2D eigenvalue weighted by Gasteiger charge is 2.34. The molecule has 4 rings (SSSR count). The maximum atomic E-state index is 13.4. The summed E-state index contributed by atoms with van der Waals surface area (Å²) >= 11 is 13.7. The molecule has 35 heavy (non-hydrogen) atoms. The Kier molecular flexibility index (Phi) is 7.74. The summed E-state index contributed by atoms with van der Waals surface area (Å²) < 4.78 is 5.59. The first kappa shape index (κ1) is 25.5. The highest BCUT2D eigenvalue weighted by atomic mass is 35.5. The van der Waals surface area contributed by atoms with Gasteiger partial charge >= 0.3 is 0 Å². The number of benzene rings is 2. The van der Waals surface area contributed by atoms with Gasteiger partial charge < -0.3 is 15.4 Å². The Bertz CT molecular complexity index is 1250. The molecular formula is C27H28Cl2N2O3S. The van der Waals surface area contributed by atoms with E-state index in [-0.39, 0.29) is 23.8 Å². The van der Waals surface area contributed by atoms with E-state index in [2.05, 4.69) is 31.4 Å². The second-order valence-corrected chi connectivity index (χ2v) is 11.7. The molecule has 0 saturated heterocycles. The van der Waals surface area contributed by atoms with Crippen molar-refractivity contribution in [2.45, 2.75) is 40.0 Å². The summed E-state index contributed by atoms with van der Waals surface area (Å²) in [7, 11) is 0. The molecule has 8 heteroatoms. The topological polar surface area (TPSA) is 67.4 Å². The van der Waals surface area contributed by atoms with Crippen LogP contribution in [0.5, 0.6) is 5.75 Å². The lowest BCUT2D eigenvalue weighted by atomic mass is 9.72. The Balaban J connectivity index is 1.58. The summed E-state index contributed by atoms with van der Waals surface area (Å²) in [6.07, 6.45) is 2.66. The van der Waals surface area contributed by atoms with Crippen LogP contribution in [0.25, 0.3) is 0 Å². The summed E-state index contributed by atoms with van der Waals surface area (Å²) in [6, 6.07) is 14.0. The van der Waals surface area contributed by atoms with Crippen LogP contribution in [-0.4, -0.2) is 18.4 Å². The van der Waals surface area contributed by atoms with Crippen LogP contribution in [0.15, 0.2) is 48.5 Å². The lowest BCUT2D eigenvalue weighted by molar-refractivity contribution is -0.118. The molecule has 1 atom stereocenters. The number of para-hydroxylation sites is 1. The number of nitrogens with one attached hydrogen (secondary N) is 2. The minimum absolute atomic E-state index is 0.163. The molecule has 1 aliphatic carbocycles. The van der Waals surface area contributed by atoms with Gasteiger partial charge in [0.1, 0.15) is 10.8 Å². The van der Waals surface area contributed by atoms with E-state index in [0.717, 1.165) is 29.7 Å². The van der Waals surface area contributed by atoms with Crippen molar-refractivity contribution in [3.05, 3.63) is 74.6 Å². The van der Waals surface area contributed by atoms with Crippen molar-refractivity contribution in [3.8, 4) is 5.75 Å². The van der Waals surface area contributed by atoms with Gasteiger partial charge in [0.25, 0.3) is 11.8 Å². The highest BCUT2D eigenvalue weighted by Crippen LogP contribution is 2.44. The first-order valence-electron chi connectivity index (χ1n) is 11.5. The van der Waals surface area contributed by atoms with Crippen LogP contribution in [0.2, 0.25) is 10.0 Å². The average molecular weight is 532 g/mol.